The fraction of sp³-hybridized carbons (Fsp3) is 0.167. The minimum atomic E-state index is -0.712. The van der Waals surface area contributed by atoms with E-state index in [0.29, 0.717) is 28.6 Å². The summed E-state index contributed by atoms with van der Waals surface area (Å²) < 4.78 is 40.9. The molecule has 0 unspecified atom stereocenters. The van der Waals surface area contributed by atoms with Gasteiger partial charge in [0.15, 0.2) is 0 Å². The number of benzene rings is 2. The van der Waals surface area contributed by atoms with Crippen molar-refractivity contribution in [3.63, 3.8) is 0 Å². The molecule has 0 fully saturated rings. The number of hydrogen-bond donors (Lipinski definition) is 3. The first kappa shape index (κ1) is 17.0. The number of fused-ring (bicyclic) bond motifs is 1. The Hall–Kier alpha value is -2.80. The number of carbonyl (C=O) groups is 1. The van der Waals surface area contributed by atoms with E-state index in [-0.39, 0.29) is 24.5 Å². The number of halogens is 3. The summed E-state index contributed by atoms with van der Waals surface area (Å²) in [6.07, 6.45) is 0.335. The summed E-state index contributed by atoms with van der Waals surface area (Å²) >= 11 is 0. The van der Waals surface area contributed by atoms with Crippen LogP contribution in [0.1, 0.15) is 5.56 Å². The minimum absolute atomic E-state index is 0.137. The molecule has 0 aliphatic heterocycles. The molecular weight excluding hydrogens is 331 g/mol. The van der Waals surface area contributed by atoms with Gasteiger partial charge in [0.1, 0.15) is 17.5 Å². The topological polar surface area (TPSA) is 70.9 Å². The molecule has 1 amide bonds. The standard InChI is InChI=1S/C18H16F3N3O/c19-11-3-1-10(2-4-11)17-13(5-6-23-16(25)9-22)14-7-12(20)8-15(21)18(14)24-17/h1-4,7-8,24H,5-6,9,22H2,(H,23,25). The van der Waals surface area contributed by atoms with Crippen LogP contribution >= 0.6 is 0 Å². The van der Waals surface area contributed by atoms with Crippen molar-refractivity contribution in [2.45, 2.75) is 6.42 Å². The summed E-state index contributed by atoms with van der Waals surface area (Å²) in [6.45, 7) is 0.122. The first-order valence-electron chi connectivity index (χ1n) is 7.72. The number of aromatic amines is 1. The van der Waals surface area contributed by atoms with Crippen LogP contribution in [0.5, 0.6) is 0 Å². The van der Waals surface area contributed by atoms with Gasteiger partial charge in [-0.05, 0) is 47.9 Å². The first-order valence-corrected chi connectivity index (χ1v) is 7.72. The van der Waals surface area contributed by atoms with Gasteiger partial charge in [0.05, 0.1) is 12.1 Å². The van der Waals surface area contributed by atoms with Crippen molar-refractivity contribution in [3.8, 4) is 11.3 Å². The molecule has 1 heterocycles. The lowest BCUT2D eigenvalue weighted by Gasteiger charge is -2.07. The normalized spacial score (nSPS) is 11.0. The van der Waals surface area contributed by atoms with Crippen molar-refractivity contribution < 1.29 is 18.0 Å². The minimum Gasteiger partial charge on any atom is -0.355 e. The number of H-pyrrole nitrogens is 1. The first-order chi connectivity index (χ1) is 12.0. The van der Waals surface area contributed by atoms with Crippen molar-refractivity contribution in [2.75, 3.05) is 13.1 Å². The van der Waals surface area contributed by atoms with Gasteiger partial charge in [-0.2, -0.15) is 0 Å². The highest BCUT2D eigenvalue weighted by Gasteiger charge is 2.17. The highest BCUT2D eigenvalue weighted by Crippen LogP contribution is 2.32. The molecule has 4 N–H and O–H groups in total. The molecule has 1 aromatic heterocycles. The van der Waals surface area contributed by atoms with Gasteiger partial charge in [0.25, 0.3) is 0 Å². The third-order valence-electron chi connectivity index (χ3n) is 3.95. The number of aromatic nitrogens is 1. The Bertz CT molecular complexity index is 919. The average Bonchev–Trinajstić information content (AvgIpc) is 2.94. The second-order valence-corrected chi connectivity index (χ2v) is 5.60. The van der Waals surface area contributed by atoms with Crippen molar-refractivity contribution in [2.24, 2.45) is 5.73 Å². The van der Waals surface area contributed by atoms with E-state index in [1.54, 1.807) is 12.1 Å². The van der Waals surface area contributed by atoms with Crippen molar-refractivity contribution in [1.82, 2.24) is 10.3 Å². The summed E-state index contributed by atoms with van der Waals surface area (Å²) in [5, 5.41) is 3.01. The van der Waals surface area contributed by atoms with Crippen LogP contribution in [0.15, 0.2) is 36.4 Å². The molecule has 0 atom stereocenters. The fourth-order valence-electron chi connectivity index (χ4n) is 2.80. The summed E-state index contributed by atoms with van der Waals surface area (Å²) in [5.74, 6) is -2.12. The van der Waals surface area contributed by atoms with Gasteiger partial charge in [0.2, 0.25) is 5.91 Å². The molecule has 7 heteroatoms. The van der Waals surface area contributed by atoms with E-state index in [9.17, 15) is 18.0 Å². The van der Waals surface area contributed by atoms with Crippen molar-refractivity contribution >= 4 is 16.8 Å². The molecule has 4 nitrogen and oxygen atoms in total. The van der Waals surface area contributed by atoms with Crippen LogP contribution in [0.3, 0.4) is 0 Å². The molecule has 25 heavy (non-hydrogen) atoms. The van der Waals surface area contributed by atoms with E-state index in [4.69, 9.17) is 5.73 Å². The number of rotatable bonds is 5. The van der Waals surface area contributed by atoms with Crippen LogP contribution in [-0.2, 0) is 11.2 Å². The van der Waals surface area contributed by atoms with Crippen molar-refractivity contribution in [3.05, 3.63) is 59.4 Å². The highest BCUT2D eigenvalue weighted by molar-refractivity contribution is 5.91. The smallest absolute Gasteiger partial charge is 0.233 e. The molecule has 0 aliphatic carbocycles. The maximum absolute atomic E-state index is 14.1. The number of amides is 1. The van der Waals surface area contributed by atoms with Crippen LogP contribution in [0.4, 0.5) is 13.2 Å². The zero-order valence-electron chi connectivity index (χ0n) is 13.2. The molecule has 3 rings (SSSR count). The molecule has 0 spiro atoms. The Labute approximate surface area is 141 Å². The van der Waals surface area contributed by atoms with E-state index in [0.717, 1.165) is 6.07 Å². The van der Waals surface area contributed by atoms with Crippen LogP contribution in [-0.4, -0.2) is 24.0 Å². The van der Waals surface area contributed by atoms with Gasteiger partial charge >= 0.3 is 0 Å². The molecule has 0 radical (unpaired) electrons. The van der Waals surface area contributed by atoms with Gasteiger partial charge in [-0.15, -0.1) is 0 Å². The van der Waals surface area contributed by atoms with Crippen LogP contribution in [0, 0.1) is 17.5 Å². The van der Waals surface area contributed by atoms with E-state index in [2.05, 4.69) is 10.3 Å². The van der Waals surface area contributed by atoms with Gasteiger partial charge in [-0.25, -0.2) is 13.2 Å². The molecule has 130 valence electrons. The lowest BCUT2D eigenvalue weighted by Crippen LogP contribution is -2.31. The van der Waals surface area contributed by atoms with Gasteiger partial charge in [-0.3, -0.25) is 4.79 Å². The van der Waals surface area contributed by atoms with Crippen LogP contribution < -0.4 is 11.1 Å². The zero-order valence-corrected chi connectivity index (χ0v) is 13.2. The summed E-state index contributed by atoms with van der Waals surface area (Å²) in [6, 6.07) is 7.72. The van der Waals surface area contributed by atoms with Crippen molar-refractivity contribution in [1.29, 1.82) is 0 Å². The highest BCUT2D eigenvalue weighted by atomic mass is 19.1. The zero-order chi connectivity index (χ0) is 18.0. The number of hydrogen-bond acceptors (Lipinski definition) is 2. The lowest BCUT2D eigenvalue weighted by molar-refractivity contribution is -0.119. The molecule has 3 aromatic rings. The SMILES string of the molecule is NCC(=O)NCCc1c(-c2ccc(F)cc2)[nH]c2c(F)cc(F)cc12. The Kier molecular flexibility index (Phi) is 4.76. The molecule has 0 saturated carbocycles. The quantitative estimate of drug-likeness (QED) is 0.664. The fourth-order valence-corrected chi connectivity index (χ4v) is 2.80. The summed E-state index contributed by atoms with van der Waals surface area (Å²) in [7, 11) is 0. The van der Waals surface area contributed by atoms with E-state index in [1.165, 1.54) is 18.2 Å². The monoisotopic (exact) mass is 347 g/mol. The number of carbonyl (C=O) groups excluding carboxylic acids is 1. The Morgan fingerprint density at radius 1 is 1.08 bits per heavy atom. The molecule has 0 aliphatic rings. The molecule has 0 saturated heterocycles. The maximum atomic E-state index is 14.1. The summed E-state index contributed by atoms with van der Waals surface area (Å²) in [4.78, 5) is 14.2. The largest absolute Gasteiger partial charge is 0.355 e. The maximum Gasteiger partial charge on any atom is 0.233 e. The Balaban J connectivity index is 2.07. The number of nitrogens with one attached hydrogen (secondary N) is 2. The Morgan fingerprint density at radius 2 is 1.80 bits per heavy atom. The molecule has 0 bridgehead atoms. The third-order valence-corrected chi connectivity index (χ3v) is 3.95. The summed E-state index contributed by atoms with van der Waals surface area (Å²) in [5.41, 5.74) is 7.24. The lowest BCUT2D eigenvalue weighted by atomic mass is 10.0. The molecule has 2 aromatic carbocycles. The van der Waals surface area contributed by atoms with E-state index >= 15 is 0 Å². The van der Waals surface area contributed by atoms with Gasteiger partial charge < -0.3 is 16.0 Å². The molecular formula is C18H16F3N3O. The van der Waals surface area contributed by atoms with Crippen LogP contribution in [0.25, 0.3) is 22.2 Å². The van der Waals surface area contributed by atoms with Gasteiger partial charge in [-0.1, -0.05) is 0 Å². The second-order valence-electron chi connectivity index (χ2n) is 5.60. The predicted octanol–water partition coefficient (Wildman–Crippen LogP) is 2.87. The Morgan fingerprint density at radius 3 is 2.48 bits per heavy atom. The van der Waals surface area contributed by atoms with E-state index in [1.807, 2.05) is 0 Å². The predicted molar refractivity (Wildman–Crippen MR) is 89.4 cm³/mol. The number of nitrogens with two attached hydrogens (primary N) is 1. The van der Waals surface area contributed by atoms with Crippen LogP contribution in [0.2, 0.25) is 0 Å². The van der Waals surface area contributed by atoms with E-state index < -0.39 is 17.5 Å². The third kappa shape index (κ3) is 3.51. The second kappa shape index (κ2) is 6.98. The average molecular weight is 347 g/mol. The van der Waals surface area contributed by atoms with Gasteiger partial charge in [0, 0.05) is 23.7 Å².